The molecule has 1 aromatic heterocycles. The molecule has 1 aromatic rings. The Morgan fingerprint density at radius 2 is 2.13 bits per heavy atom. The van der Waals surface area contributed by atoms with Crippen LogP contribution in [0.4, 0.5) is 9.52 Å². The van der Waals surface area contributed by atoms with E-state index in [0.717, 1.165) is 12.8 Å². The summed E-state index contributed by atoms with van der Waals surface area (Å²) < 4.78 is 14.7. The highest BCUT2D eigenvalue weighted by molar-refractivity contribution is 7.15. The Kier molecular flexibility index (Phi) is 2.01. The van der Waals surface area contributed by atoms with Crippen molar-refractivity contribution in [3.8, 4) is 0 Å². The van der Waals surface area contributed by atoms with Crippen LogP contribution in [-0.4, -0.2) is 17.1 Å². The van der Waals surface area contributed by atoms with Gasteiger partial charge in [0.2, 0.25) is 0 Å². The molecular formula is C10H14FN3S. The van der Waals surface area contributed by atoms with Crippen molar-refractivity contribution in [3.05, 3.63) is 11.1 Å². The molecule has 5 heteroatoms. The summed E-state index contributed by atoms with van der Waals surface area (Å²) in [6, 6.07) is 0.689. The van der Waals surface area contributed by atoms with Gasteiger partial charge in [-0.3, -0.25) is 0 Å². The van der Waals surface area contributed by atoms with E-state index in [0.29, 0.717) is 34.9 Å². The van der Waals surface area contributed by atoms with Crippen LogP contribution in [0, 0.1) is 0 Å². The Hall–Kier alpha value is -0.680. The maximum Gasteiger partial charge on any atom is 0.180 e. The first-order chi connectivity index (χ1) is 7.16. The molecule has 3 rings (SSSR count). The highest BCUT2D eigenvalue weighted by Gasteiger charge is 2.46. The highest BCUT2D eigenvalue weighted by atomic mass is 32.1. The maximum atomic E-state index is 14.7. The summed E-state index contributed by atoms with van der Waals surface area (Å²) in [6.45, 7) is 0. The van der Waals surface area contributed by atoms with Gasteiger partial charge in [-0.25, -0.2) is 9.37 Å². The fourth-order valence-electron chi connectivity index (χ4n) is 2.78. The van der Waals surface area contributed by atoms with Gasteiger partial charge in [-0.1, -0.05) is 11.3 Å². The summed E-state index contributed by atoms with van der Waals surface area (Å²) in [4.78, 5) is 4.65. The first-order valence-electron chi connectivity index (χ1n) is 5.32. The number of alkyl halides is 1. The first kappa shape index (κ1) is 9.54. The number of aromatic nitrogens is 1. The number of thiazole rings is 1. The molecule has 82 valence electrons. The lowest BCUT2D eigenvalue weighted by Gasteiger charge is -2.33. The summed E-state index contributed by atoms with van der Waals surface area (Å²) in [5.41, 5.74) is 4.37. The zero-order chi connectivity index (χ0) is 10.5. The predicted molar refractivity (Wildman–Crippen MR) is 58.5 cm³/mol. The lowest BCUT2D eigenvalue weighted by atomic mass is 9.88. The minimum atomic E-state index is -1.19. The number of anilines is 1. The molecule has 0 amide bonds. The number of nitrogens with one attached hydrogen (secondary N) is 1. The molecule has 0 saturated carbocycles. The summed E-state index contributed by atoms with van der Waals surface area (Å²) >= 11 is 1.29. The molecule has 0 aliphatic carbocycles. The van der Waals surface area contributed by atoms with Crippen LogP contribution in [0.1, 0.15) is 30.6 Å². The molecule has 2 aliphatic rings. The second-order valence-corrected chi connectivity index (χ2v) is 5.64. The van der Waals surface area contributed by atoms with Gasteiger partial charge >= 0.3 is 0 Å². The maximum absolute atomic E-state index is 14.7. The Bertz CT molecular complexity index is 366. The number of nitrogens with zero attached hydrogens (tertiary/aromatic N) is 1. The lowest BCUT2D eigenvalue weighted by molar-refractivity contribution is 0.0911. The molecular weight excluding hydrogens is 213 g/mol. The van der Waals surface area contributed by atoms with Crippen molar-refractivity contribution < 1.29 is 4.39 Å². The summed E-state index contributed by atoms with van der Waals surface area (Å²) in [5, 5.41) is 3.90. The number of nitrogens with two attached hydrogens (primary N) is 1. The van der Waals surface area contributed by atoms with Crippen LogP contribution in [0.25, 0.3) is 0 Å². The van der Waals surface area contributed by atoms with Crippen LogP contribution < -0.4 is 11.1 Å². The van der Waals surface area contributed by atoms with E-state index in [-0.39, 0.29) is 0 Å². The predicted octanol–water partition coefficient (Wildman–Crippen LogP) is 1.80. The van der Waals surface area contributed by atoms with Crippen LogP contribution in [0.15, 0.2) is 6.20 Å². The summed E-state index contributed by atoms with van der Waals surface area (Å²) in [5.74, 6) is 0. The smallest absolute Gasteiger partial charge is 0.180 e. The molecule has 2 saturated heterocycles. The van der Waals surface area contributed by atoms with Gasteiger partial charge in [-0.15, -0.1) is 0 Å². The van der Waals surface area contributed by atoms with Crippen molar-refractivity contribution in [2.75, 3.05) is 5.73 Å². The lowest BCUT2D eigenvalue weighted by Crippen LogP contribution is -2.44. The van der Waals surface area contributed by atoms with Crippen LogP contribution in [0.3, 0.4) is 0 Å². The van der Waals surface area contributed by atoms with Crippen molar-refractivity contribution in [2.24, 2.45) is 0 Å². The summed E-state index contributed by atoms with van der Waals surface area (Å²) in [7, 11) is 0. The molecule has 15 heavy (non-hydrogen) atoms. The molecule has 2 unspecified atom stereocenters. The molecule has 0 spiro atoms. The molecule has 2 fully saturated rings. The van der Waals surface area contributed by atoms with Crippen molar-refractivity contribution in [3.63, 3.8) is 0 Å². The van der Waals surface area contributed by atoms with Gasteiger partial charge in [0.1, 0.15) is 5.67 Å². The number of rotatable bonds is 1. The van der Waals surface area contributed by atoms with Crippen LogP contribution in [0.2, 0.25) is 0 Å². The normalized spacial score (nSPS) is 39.5. The number of hydrogen-bond acceptors (Lipinski definition) is 4. The molecule has 2 aliphatic heterocycles. The van der Waals surface area contributed by atoms with Gasteiger partial charge in [-0.2, -0.15) is 0 Å². The Morgan fingerprint density at radius 1 is 1.47 bits per heavy atom. The number of hydrogen-bond donors (Lipinski definition) is 2. The minimum absolute atomic E-state index is 0.345. The van der Waals surface area contributed by atoms with Gasteiger partial charge in [0, 0.05) is 31.1 Å². The average molecular weight is 227 g/mol. The topological polar surface area (TPSA) is 50.9 Å². The summed E-state index contributed by atoms with van der Waals surface area (Å²) in [6.07, 6.45) is 4.95. The fourth-order valence-corrected chi connectivity index (χ4v) is 3.57. The highest BCUT2D eigenvalue weighted by Crippen LogP contribution is 2.45. The van der Waals surface area contributed by atoms with Gasteiger partial charge < -0.3 is 11.1 Å². The fraction of sp³-hybridized carbons (Fsp3) is 0.700. The van der Waals surface area contributed by atoms with E-state index < -0.39 is 5.67 Å². The van der Waals surface area contributed by atoms with Crippen LogP contribution >= 0.6 is 11.3 Å². The van der Waals surface area contributed by atoms with Crippen LogP contribution in [-0.2, 0) is 5.67 Å². The average Bonchev–Trinajstić information content (AvgIpc) is 2.74. The van der Waals surface area contributed by atoms with E-state index in [1.165, 1.54) is 11.3 Å². The number of halogens is 1. The van der Waals surface area contributed by atoms with Gasteiger partial charge in [0.25, 0.3) is 0 Å². The SMILES string of the molecule is Nc1ncc(C2(F)CC3CCC(C2)N3)s1. The largest absolute Gasteiger partial charge is 0.375 e. The van der Waals surface area contributed by atoms with E-state index >= 15 is 0 Å². The minimum Gasteiger partial charge on any atom is -0.375 e. The second kappa shape index (κ2) is 3.15. The van der Waals surface area contributed by atoms with E-state index in [1.54, 1.807) is 6.20 Å². The number of fused-ring (bicyclic) bond motifs is 2. The zero-order valence-electron chi connectivity index (χ0n) is 8.37. The molecule has 2 bridgehead atoms. The molecule has 0 aromatic carbocycles. The van der Waals surface area contributed by atoms with Crippen molar-refractivity contribution in [1.29, 1.82) is 0 Å². The third kappa shape index (κ3) is 1.54. The Labute approximate surface area is 91.9 Å². The van der Waals surface area contributed by atoms with Gasteiger partial charge in [-0.05, 0) is 12.8 Å². The molecule has 0 radical (unpaired) electrons. The van der Waals surface area contributed by atoms with E-state index in [1.807, 2.05) is 0 Å². The first-order valence-corrected chi connectivity index (χ1v) is 6.14. The van der Waals surface area contributed by atoms with Gasteiger partial charge in [0.15, 0.2) is 5.13 Å². The zero-order valence-corrected chi connectivity index (χ0v) is 9.19. The van der Waals surface area contributed by atoms with Crippen molar-refractivity contribution >= 4 is 16.5 Å². The second-order valence-electron chi connectivity index (χ2n) is 4.57. The molecule has 2 atom stereocenters. The number of piperidine rings is 1. The molecule has 3 nitrogen and oxygen atoms in total. The van der Waals surface area contributed by atoms with Crippen molar-refractivity contribution in [1.82, 2.24) is 10.3 Å². The third-order valence-corrected chi connectivity index (χ3v) is 4.45. The van der Waals surface area contributed by atoms with E-state index in [2.05, 4.69) is 10.3 Å². The Morgan fingerprint density at radius 3 is 2.67 bits per heavy atom. The monoisotopic (exact) mass is 227 g/mol. The van der Waals surface area contributed by atoms with Crippen LogP contribution in [0.5, 0.6) is 0 Å². The van der Waals surface area contributed by atoms with E-state index in [9.17, 15) is 4.39 Å². The number of nitrogen functional groups attached to an aromatic ring is 1. The molecule has 3 N–H and O–H groups in total. The molecule has 3 heterocycles. The quantitative estimate of drug-likeness (QED) is 0.769. The Balaban J connectivity index is 1.90. The van der Waals surface area contributed by atoms with E-state index in [4.69, 9.17) is 5.73 Å². The van der Waals surface area contributed by atoms with Gasteiger partial charge in [0.05, 0.1) is 4.88 Å². The standard InChI is InChI=1S/C10H14FN3S/c11-10(8-5-13-9(12)15-8)3-6-1-2-7(4-10)14-6/h5-7,14H,1-4H2,(H2,12,13). The van der Waals surface area contributed by atoms with Crippen molar-refractivity contribution in [2.45, 2.75) is 43.4 Å². The third-order valence-electron chi connectivity index (χ3n) is 3.44.